The van der Waals surface area contributed by atoms with Crippen molar-refractivity contribution in [1.29, 1.82) is 0 Å². The molecule has 1 N–H and O–H groups in total. The van der Waals surface area contributed by atoms with Gasteiger partial charge >= 0.3 is 0 Å². The van der Waals surface area contributed by atoms with Gasteiger partial charge in [0.2, 0.25) is 0 Å². The van der Waals surface area contributed by atoms with E-state index in [0.29, 0.717) is 12.5 Å². The molecule has 1 aliphatic carbocycles. The average Bonchev–Trinajstić information content (AvgIpc) is 2.71. The van der Waals surface area contributed by atoms with Crippen molar-refractivity contribution in [3.8, 4) is 0 Å². The Bertz CT molecular complexity index is 201. The van der Waals surface area contributed by atoms with E-state index in [2.05, 4.69) is 5.32 Å². The van der Waals surface area contributed by atoms with Crippen LogP contribution in [-0.2, 0) is 0 Å². The predicted molar refractivity (Wildman–Crippen MR) is 38.0 cm³/mol. The Balaban J connectivity index is 2.21. The molecular formula is C8H10FN. The van der Waals surface area contributed by atoms with Gasteiger partial charge in [0.15, 0.2) is 5.95 Å². The lowest BCUT2D eigenvalue weighted by Gasteiger charge is -2.09. The number of nitrogens with one attached hydrogen (secondary N) is 1. The predicted octanol–water partition coefficient (Wildman–Crippen LogP) is 1.74. The number of halogens is 1. The van der Waals surface area contributed by atoms with Gasteiger partial charge in [-0.05, 0) is 18.8 Å². The second-order valence-electron chi connectivity index (χ2n) is 2.83. The number of hydrogen-bond donors (Lipinski definition) is 1. The SMILES string of the molecule is FC1=C(C2CC2)C=CCN1. The molecule has 0 atom stereocenters. The van der Waals surface area contributed by atoms with Crippen LogP contribution in [0.4, 0.5) is 4.39 Å². The molecule has 2 aliphatic rings. The highest BCUT2D eigenvalue weighted by Gasteiger charge is 2.28. The topological polar surface area (TPSA) is 12.0 Å². The van der Waals surface area contributed by atoms with Gasteiger partial charge < -0.3 is 5.32 Å². The third-order valence-electron chi connectivity index (χ3n) is 1.94. The highest BCUT2D eigenvalue weighted by Crippen LogP contribution is 2.39. The number of allylic oxidation sites excluding steroid dienone is 2. The molecule has 2 heteroatoms. The van der Waals surface area contributed by atoms with Gasteiger partial charge in [-0.1, -0.05) is 12.2 Å². The van der Waals surface area contributed by atoms with Crippen molar-refractivity contribution in [2.75, 3.05) is 6.54 Å². The van der Waals surface area contributed by atoms with Crippen molar-refractivity contribution < 1.29 is 4.39 Å². The standard InChI is InChI=1S/C8H10FN/c9-8-7(6-3-4-6)2-1-5-10-8/h1-2,6,10H,3-5H2. The van der Waals surface area contributed by atoms with E-state index in [9.17, 15) is 4.39 Å². The van der Waals surface area contributed by atoms with Crippen LogP contribution < -0.4 is 5.32 Å². The molecule has 10 heavy (non-hydrogen) atoms. The molecule has 1 nitrogen and oxygen atoms in total. The fourth-order valence-corrected chi connectivity index (χ4v) is 1.22. The van der Waals surface area contributed by atoms with E-state index in [1.54, 1.807) is 0 Å². The Labute approximate surface area is 59.6 Å². The minimum atomic E-state index is -0.106. The summed E-state index contributed by atoms with van der Waals surface area (Å²) in [7, 11) is 0. The van der Waals surface area contributed by atoms with Crippen molar-refractivity contribution in [2.24, 2.45) is 5.92 Å². The van der Waals surface area contributed by atoms with Crippen LogP contribution in [0.3, 0.4) is 0 Å². The molecule has 1 saturated carbocycles. The first-order valence-electron chi connectivity index (χ1n) is 3.68. The summed E-state index contributed by atoms with van der Waals surface area (Å²) in [4.78, 5) is 0. The maximum Gasteiger partial charge on any atom is 0.190 e. The fourth-order valence-electron chi connectivity index (χ4n) is 1.22. The summed E-state index contributed by atoms with van der Waals surface area (Å²) in [6.07, 6.45) is 6.20. The van der Waals surface area contributed by atoms with E-state index in [1.807, 2.05) is 12.2 Å². The largest absolute Gasteiger partial charge is 0.358 e. The van der Waals surface area contributed by atoms with Gasteiger partial charge in [-0.2, -0.15) is 4.39 Å². The molecule has 1 aliphatic heterocycles. The first-order valence-corrected chi connectivity index (χ1v) is 3.68. The molecule has 0 radical (unpaired) electrons. The molecule has 0 aromatic heterocycles. The van der Waals surface area contributed by atoms with Crippen molar-refractivity contribution in [1.82, 2.24) is 5.32 Å². The van der Waals surface area contributed by atoms with E-state index in [-0.39, 0.29) is 5.95 Å². The lowest BCUT2D eigenvalue weighted by molar-refractivity contribution is 0.538. The third kappa shape index (κ3) is 0.939. The summed E-state index contributed by atoms with van der Waals surface area (Å²) < 4.78 is 12.9. The minimum Gasteiger partial charge on any atom is -0.358 e. The molecule has 0 unspecified atom stereocenters. The summed E-state index contributed by atoms with van der Waals surface area (Å²) in [5.41, 5.74) is 0.881. The van der Waals surface area contributed by atoms with Crippen LogP contribution in [0.15, 0.2) is 23.7 Å². The number of rotatable bonds is 1. The number of hydrogen-bond acceptors (Lipinski definition) is 1. The normalized spacial score (nSPS) is 24.9. The van der Waals surface area contributed by atoms with Crippen molar-refractivity contribution in [3.63, 3.8) is 0 Å². The van der Waals surface area contributed by atoms with E-state index in [0.717, 1.165) is 18.4 Å². The minimum absolute atomic E-state index is 0.106. The summed E-state index contributed by atoms with van der Waals surface area (Å²) in [5, 5.41) is 2.68. The molecule has 0 aromatic carbocycles. The summed E-state index contributed by atoms with van der Waals surface area (Å²) in [5.74, 6) is 0.411. The van der Waals surface area contributed by atoms with Crippen molar-refractivity contribution >= 4 is 0 Å². The van der Waals surface area contributed by atoms with Gasteiger partial charge in [0.25, 0.3) is 0 Å². The van der Waals surface area contributed by atoms with Crippen LogP contribution in [0.2, 0.25) is 0 Å². The second kappa shape index (κ2) is 2.11. The van der Waals surface area contributed by atoms with Crippen LogP contribution in [-0.4, -0.2) is 6.54 Å². The van der Waals surface area contributed by atoms with Crippen molar-refractivity contribution in [3.05, 3.63) is 23.7 Å². The van der Waals surface area contributed by atoms with Crippen LogP contribution in [0, 0.1) is 5.92 Å². The van der Waals surface area contributed by atoms with E-state index >= 15 is 0 Å². The fraction of sp³-hybridized carbons (Fsp3) is 0.500. The lowest BCUT2D eigenvalue weighted by atomic mass is 10.1. The van der Waals surface area contributed by atoms with Gasteiger partial charge in [0, 0.05) is 12.1 Å². The Morgan fingerprint density at radius 2 is 2.30 bits per heavy atom. The van der Waals surface area contributed by atoms with E-state index in [4.69, 9.17) is 0 Å². The van der Waals surface area contributed by atoms with Gasteiger partial charge in [0.1, 0.15) is 0 Å². The van der Waals surface area contributed by atoms with Crippen molar-refractivity contribution in [2.45, 2.75) is 12.8 Å². The molecule has 1 heterocycles. The van der Waals surface area contributed by atoms with E-state index in [1.165, 1.54) is 0 Å². The van der Waals surface area contributed by atoms with Gasteiger partial charge in [-0.15, -0.1) is 0 Å². The molecule has 0 amide bonds. The quantitative estimate of drug-likeness (QED) is 0.545. The maximum atomic E-state index is 12.9. The van der Waals surface area contributed by atoms with Gasteiger partial charge in [-0.3, -0.25) is 0 Å². The molecule has 0 spiro atoms. The summed E-state index contributed by atoms with van der Waals surface area (Å²) in [6.45, 7) is 0.641. The highest BCUT2D eigenvalue weighted by molar-refractivity contribution is 5.30. The van der Waals surface area contributed by atoms with Crippen LogP contribution >= 0.6 is 0 Å². The van der Waals surface area contributed by atoms with Crippen LogP contribution in [0.25, 0.3) is 0 Å². The molecule has 1 fully saturated rings. The first-order chi connectivity index (χ1) is 4.88. The number of dihydropyridines is 1. The Kier molecular flexibility index (Phi) is 1.26. The smallest absolute Gasteiger partial charge is 0.190 e. The molecule has 0 aromatic rings. The molecule has 54 valence electrons. The third-order valence-corrected chi connectivity index (χ3v) is 1.94. The molecule has 2 rings (SSSR count). The van der Waals surface area contributed by atoms with Gasteiger partial charge in [0.05, 0.1) is 0 Å². The lowest BCUT2D eigenvalue weighted by Crippen LogP contribution is -2.15. The monoisotopic (exact) mass is 139 g/mol. The Morgan fingerprint density at radius 3 is 2.90 bits per heavy atom. The molecular weight excluding hydrogens is 129 g/mol. The summed E-state index contributed by atoms with van der Waals surface area (Å²) in [6, 6.07) is 0. The maximum absolute atomic E-state index is 12.9. The van der Waals surface area contributed by atoms with Crippen LogP contribution in [0.1, 0.15) is 12.8 Å². The average molecular weight is 139 g/mol. The van der Waals surface area contributed by atoms with Gasteiger partial charge in [-0.25, -0.2) is 0 Å². The van der Waals surface area contributed by atoms with Crippen LogP contribution in [0.5, 0.6) is 0 Å². The zero-order valence-corrected chi connectivity index (χ0v) is 5.73. The zero-order valence-electron chi connectivity index (χ0n) is 5.73. The molecule has 0 bridgehead atoms. The highest BCUT2D eigenvalue weighted by atomic mass is 19.1. The Hall–Kier alpha value is -0.790. The van der Waals surface area contributed by atoms with E-state index < -0.39 is 0 Å². The second-order valence-corrected chi connectivity index (χ2v) is 2.83. The molecule has 0 saturated heterocycles. The zero-order chi connectivity index (χ0) is 6.97. The summed E-state index contributed by atoms with van der Waals surface area (Å²) >= 11 is 0. The Morgan fingerprint density at radius 1 is 1.50 bits per heavy atom. The first kappa shape index (κ1) is 5.96.